The van der Waals surface area contributed by atoms with Crippen LogP contribution < -0.4 is 9.64 Å². The maximum Gasteiger partial charge on any atom is 0.270 e. The van der Waals surface area contributed by atoms with Crippen LogP contribution in [0.1, 0.15) is 12.5 Å². The molecule has 3 nitrogen and oxygen atoms in total. The van der Waals surface area contributed by atoms with Gasteiger partial charge in [0.15, 0.2) is 4.32 Å². The number of rotatable bonds is 4. The fraction of sp³-hybridized carbons (Fsp3) is 0.111. The number of hydrogen-bond acceptors (Lipinski definition) is 4. The molecule has 25 heavy (non-hydrogen) atoms. The molecule has 0 aromatic heterocycles. The molecule has 1 heterocycles. The summed E-state index contributed by atoms with van der Waals surface area (Å²) in [5, 5.41) is 0.537. The lowest BCUT2D eigenvalue weighted by Crippen LogP contribution is -2.27. The molecule has 0 saturated carbocycles. The molecular formula is C18H13ClFNO2S2. The summed E-state index contributed by atoms with van der Waals surface area (Å²) in [5.41, 5.74) is 1.09. The van der Waals surface area contributed by atoms with Crippen LogP contribution in [0.2, 0.25) is 5.02 Å². The number of benzene rings is 2. The van der Waals surface area contributed by atoms with E-state index in [4.69, 9.17) is 28.6 Å². The molecule has 1 fully saturated rings. The average Bonchev–Trinajstić information content (AvgIpc) is 2.84. The van der Waals surface area contributed by atoms with Crippen molar-refractivity contribution in [1.29, 1.82) is 0 Å². The van der Waals surface area contributed by atoms with E-state index in [2.05, 4.69) is 0 Å². The van der Waals surface area contributed by atoms with Gasteiger partial charge in [0.2, 0.25) is 0 Å². The summed E-state index contributed by atoms with van der Waals surface area (Å²) < 4.78 is 19.4. The minimum absolute atomic E-state index is 0.303. The second-order valence-corrected chi connectivity index (χ2v) is 7.22. The van der Waals surface area contributed by atoms with Gasteiger partial charge in [-0.1, -0.05) is 41.6 Å². The van der Waals surface area contributed by atoms with E-state index in [-0.39, 0.29) is 5.91 Å². The van der Waals surface area contributed by atoms with Crippen LogP contribution in [0, 0.1) is 5.82 Å². The Hall–Kier alpha value is -1.89. The summed E-state index contributed by atoms with van der Waals surface area (Å²) in [6.07, 6.45) is 1.69. The smallest absolute Gasteiger partial charge is 0.270 e. The molecule has 0 N–H and O–H groups in total. The van der Waals surface area contributed by atoms with Crippen LogP contribution in [0.4, 0.5) is 10.1 Å². The Bertz CT molecular complexity index is 885. The van der Waals surface area contributed by atoms with Gasteiger partial charge in [0, 0.05) is 10.6 Å². The number of carbonyl (C=O) groups excluding carboxylic acids is 1. The molecule has 2 aromatic carbocycles. The van der Waals surface area contributed by atoms with Crippen molar-refractivity contribution in [3.63, 3.8) is 0 Å². The molecule has 0 bridgehead atoms. The molecule has 0 radical (unpaired) electrons. The van der Waals surface area contributed by atoms with Crippen molar-refractivity contribution in [2.45, 2.75) is 6.92 Å². The lowest BCUT2D eigenvalue weighted by molar-refractivity contribution is -0.113. The minimum Gasteiger partial charge on any atom is -0.493 e. The Labute approximate surface area is 159 Å². The molecule has 0 spiro atoms. The summed E-state index contributed by atoms with van der Waals surface area (Å²) in [4.78, 5) is 14.5. The Balaban J connectivity index is 1.97. The van der Waals surface area contributed by atoms with E-state index in [0.29, 0.717) is 37.9 Å². The second-order valence-electron chi connectivity index (χ2n) is 5.11. The van der Waals surface area contributed by atoms with E-state index in [1.807, 2.05) is 6.92 Å². The van der Waals surface area contributed by atoms with E-state index in [0.717, 1.165) is 11.8 Å². The van der Waals surface area contributed by atoms with Crippen LogP contribution in [-0.4, -0.2) is 16.8 Å². The summed E-state index contributed by atoms with van der Waals surface area (Å²) in [7, 11) is 0. The third kappa shape index (κ3) is 3.86. The second kappa shape index (κ2) is 7.56. The first-order valence-electron chi connectivity index (χ1n) is 7.45. The SMILES string of the molecule is CCOc1ccc(Cl)cc1C=C1SC(=S)N(c2cccc(F)c2)C1=O. The maximum atomic E-state index is 13.5. The van der Waals surface area contributed by atoms with Gasteiger partial charge in [-0.2, -0.15) is 0 Å². The molecule has 0 unspecified atom stereocenters. The molecule has 0 atom stereocenters. The van der Waals surface area contributed by atoms with Crippen LogP contribution in [0.5, 0.6) is 5.75 Å². The van der Waals surface area contributed by atoms with Crippen LogP contribution in [0.25, 0.3) is 6.08 Å². The van der Waals surface area contributed by atoms with Crippen LogP contribution >= 0.6 is 35.6 Å². The number of thiocarbonyl (C=S) groups is 1. The zero-order valence-corrected chi connectivity index (χ0v) is 15.6. The lowest BCUT2D eigenvalue weighted by atomic mass is 10.1. The Kier molecular flexibility index (Phi) is 5.42. The molecule has 3 rings (SSSR count). The van der Waals surface area contributed by atoms with Crippen molar-refractivity contribution in [3.05, 3.63) is 63.8 Å². The number of hydrogen-bond donors (Lipinski definition) is 0. The Morgan fingerprint density at radius 3 is 2.84 bits per heavy atom. The number of anilines is 1. The lowest BCUT2D eigenvalue weighted by Gasteiger charge is -2.14. The molecule has 1 aliphatic rings. The largest absolute Gasteiger partial charge is 0.493 e. The molecule has 0 aliphatic carbocycles. The first kappa shape index (κ1) is 17.9. The fourth-order valence-electron chi connectivity index (χ4n) is 2.37. The highest BCUT2D eigenvalue weighted by Crippen LogP contribution is 2.37. The first-order chi connectivity index (χ1) is 12.0. The first-order valence-corrected chi connectivity index (χ1v) is 9.05. The summed E-state index contributed by atoms with van der Waals surface area (Å²) in [6, 6.07) is 11.0. The zero-order valence-electron chi connectivity index (χ0n) is 13.2. The minimum atomic E-state index is -0.427. The third-order valence-electron chi connectivity index (χ3n) is 3.42. The predicted molar refractivity (Wildman–Crippen MR) is 105 cm³/mol. The Morgan fingerprint density at radius 1 is 1.32 bits per heavy atom. The number of thioether (sulfide) groups is 1. The number of ether oxygens (including phenoxy) is 1. The quantitative estimate of drug-likeness (QED) is 0.522. The van der Waals surface area contributed by atoms with Crippen molar-refractivity contribution in [2.75, 3.05) is 11.5 Å². The molecule has 7 heteroatoms. The molecule has 128 valence electrons. The van der Waals surface area contributed by atoms with Gasteiger partial charge in [-0.15, -0.1) is 0 Å². The van der Waals surface area contributed by atoms with Crippen LogP contribution in [-0.2, 0) is 4.79 Å². The van der Waals surface area contributed by atoms with Gasteiger partial charge in [-0.05, 0) is 49.4 Å². The van der Waals surface area contributed by atoms with Gasteiger partial charge in [0.1, 0.15) is 11.6 Å². The molecule has 1 amide bonds. The summed E-state index contributed by atoms with van der Waals surface area (Å²) in [6.45, 7) is 2.37. The summed E-state index contributed by atoms with van der Waals surface area (Å²) >= 11 is 12.5. The third-order valence-corrected chi connectivity index (χ3v) is 4.96. The Morgan fingerprint density at radius 2 is 2.12 bits per heavy atom. The average molecular weight is 394 g/mol. The molecular weight excluding hydrogens is 381 g/mol. The van der Waals surface area contributed by atoms with E-state index in [1.54, 1.807) is 30.3 Å². The number of carbonyl (C=O) groups is 1. The fourth-order valence-corrected chi connectivity index (χ4v) is 3.84. The highest BCUT2D eigenvalue weighted by molar-refractivity contribution is 8.27. The number of nitrogens with zero attached hydrogens (tertiary/aromatic N) is 1. The van der Waals surface area contributed by atoms with Crippen molar-refractivity contribution < 1.29 is 13.9 Å². The van der Waals surface area contributed by atoms with Gasteiger partial charge < -0.3 is 4.74 Å². The van der Waals surface area contributed by atoms with E-state index in [9.17, 15) is 9.18 Å². The van der Waals surface area contributed by atoms with Crippen molar-refractivity contribution in [2.24, 2.45) is 0 Å². The van der Waals surface area contributed by atoms with Crippen LogP contribution in [0.3, 0.4) is 0 Å². The summed E-state index contributed by atoms with van der Waals surface area (Å²) in [5.74, 6) is -0.102. The van der Waals surface area contributed by atoms with Crippen molar-refractivity contribution >= 4 is 57.6 Å². The standard InChI is InChI=1S/C18H13ClFNO2S2/c1-2-23-15-7-6-12(19)8-11(15)9-16-17(22)21(18(24)25-16)14-5-3-4-13(20)10-14/h3-10H,2H2,1H3. The number of amides is 1. The van der Waals surface area contributed by atoms with Gasteiger partial charge in [-0.3, -0.25) is 9.69 Å². The van der Waals surface area contributed by atoms with E-state index >= 15 is 0 Å². The van der Waals surface area contributed by atoms with Gasteiger partial charge >= 0.3 is 0 Å². The number of halogens is 2. The highest BCUT2D eigenvalue weighted by Gasteiger charge is 2.33. The maximum absolute atomic E-state index is 13.5. The zero-order chi connectivity index (χ0) is 18.0. The van der Waals surface area contributed by atoms with Gasteiger partial charge in [0.25, 0.3) is 5.91 Å². The molecule has 2 aromatic rings. The van der Waals surface area contributed by atoms with Crippen LogP contribution in [0.15, 0.2) is 47.4 Å². The van der Waals surface area contributed by atoms with E-state index < -0.39 is 5.82 Å². The van der Waals surface area contributed by atoms with Crippen molar-refractivity contribution in [1.82, 2.24) is 0 Å². The normalized spacial score (nSPS) is 16.0. The predicted octanol–water partition coefficient (Wildman–Crippen LogP) is 5.28. The molecule has 1 saturated heterocycles. The van der Waals surface area contributed by atoms with Gasteiger partial charge in [0.05, 0.1) is 17.2 Å². The van der Waals surface area contributed by atoms with Crippen molar-refractivity contribution in [3.8, 4) is 5.75 Å². The van der Waals surface area contributed by atoms with Gasteiger partial charge in [-0.25, -0.2) is 4.39 Å². The monoisotopic (exact) mass is 393 g/mol. The highest BCUT2D eigenvalue weighted by atomic mass is 35.5. The molecule has 1 aliphatic heterocycles. The van der Waals surface area contributed by atoms with E-state index in [1.165, 1.54) is 23.1 Å². The topological polar surface area (TPSA) is 29.5 Å².